The van der Waals surface area contributed by atoms with E-state index < -0.39 is 17.9 Å². The summed E-state index contributed by atoms with van der Waals surface area (Å²) in [6.45, 7) is 1.95. The highest BCUT2D eigenvalue weighted by atomic mass is 19.1. The van der Waals surface area contributed by atoms with Crippen LogP contribution < -0.4 is 4.74 Å². The van der Waals surface area contributed by atoms with E-state index in [1.54, 1.807) is 6.07 Å². The average molecular weight is 311 g/mol. The molecule has 2 unspecified atom stereocenters. The van der Waals surface area contributed by atoms with E-state index >= 15 is 0 Å². The van der Waals surface area contributed by atoms with Crippen molar-refractivity contribution >= 4 is 5.97 Å². The van der Waals surface area contributed by atoms with E-state index in [0.717, 1.165) is 13.0 Å². The fourth-order valence-corrected chi connectivity index (χ4v) is 2.82. The van der Waals surface area contributed by atoms with Gasteiger partial charge >= 0.3 is 5.97 Å². The SMILES string of the molecule is COc1ccc(C(O)CCN2CCCC(C(=O)O)C2)cc1F. The first-order valence-electron chi connectivity index (χ1n) is 7.48. The Kier molecular flexibility index (Phi) is 5.74. The standard InChI is InChI=1S/C16H22FNO4/c1-22-15-5-4-11(9-13(15)17)14(19)6-8-18-7-2-3-12(10-18)16(20)21/h4-5,9,12,14,19H,2-3,6-8,10H2,1H3,(H,20,21). The van der Waals surface area contributed by atoms with Crippen molar-refractivity contribution in [2.45, 2.75) is 25.4 Å². The van der Waals surface area contributed by atoms with E-state index in [-0.39, 0.29) is 11.7 Å². The van der Waals surface area contributed by atoms with E-state index in [1.807, 2.05) is 4.90 Å². The molecule has 1 aliphatic rings. The molecule has 1 fully saturated rings. The first kappa shape index (κ1) is 16.7. The zero-order valence-electron chi connectivity index (χ0n) is 12.7. The van der Waals surface area contributed by atoms with Gasteiger partial charge in [0.2, 0.25) is 0 Å². The topological polar surface area (TPSA) is 70.0 Å². The molecule has 1 aliphatic heterocycles. The molecule has 0 aliphatic carbocycles. The lowest BCUT2D eigenvalue weighted by molar-refractivity contribution is -0.143. The second-order valence-electron chi connectivity index (χ2n) is 5.68. The third-order valence-electron chi connectivity index (χ3n) is 4.13. The number of aliphatic hydroxyl groups excluding tert-OH is 1. The predicted molar refractivity (Wildman–Crippen MR) is 79.3 cm³/mol. The summed E-state index contributed by atoms with van der Waals surface area (Å²) in [6, 6.07) is 4.41. The summed E-state index contributed by atoms with van der Waals surface area (Å²) in [5.41, 5.74) is 0.505. The largest absolute Gasteiger partial charge is 0.494 e. The smallest absolute Gasteiger partial charge is 0.307 e. The molecule has 1 saturated heterocycles. The highest BCUT2D eigenvalue weighted by Gasteiger charge is 2.25. The Morgan fingerprint density at radius 3 is 2.95 bits per heavy atom. The number of nitrogens with zero attached hydrogens (tertiary/aromatic N) is 1. The second-order valence-corrected chi connectivity index (χ2v) is 5.68. The normalized spacial score (nSPS) is 20.6. The van der Waals surface area contributed by atoms with Crippen LogP contribution in [-0.4, -0.2) is 47.8 Å². The number of aliphatic hydroxyl groups is 1. The molecule has 2 rings (SSSR count). The van der Waals surface area contributed by atoms with Crippen molar-refractivity contribution in [3.8, 4) is 5.75 Å². The number of carbonyl (C=O) groups is 1. The predicted octanol–water partition coefficient (Wildman–Crippen LogP) is 2.05. The molecule has 0 saturated carbocycles. The van der Waals surface area contributed by atoms with Gasteiger partial charge in [0.05, 0.1) is 19.1 Å². The van der Waals surface area contributed by atoms with Crippen molar-refractivity contribution in [3.63, 3.8) is 0 Å². The summed E-state index contributed by atoms with van der Waals surface area (Å²) < 4.78 is 18.5. The fraction of sp³-hybridized carbons (Fsp3) is 0.562. The van der Waals surface area contributed by atoms with Crippen molar-refractivity contribution in [2.24, 2.45) is 5.92 Å². The third-order valence-corrected chi connectivity index (χ3v) is 4.13. The van der Waals surface area contributed by atoms with Gasteiger partial charge in [-0.1, -0.05) is 6.07 Å². The first-order chi connectivity index (χ1) is 10.5. The van der Waals surface area contributed by atoms with E-state index in [2.05, 4.69) is 0 Å². The maximum absolute atomic E-state index is 13.6. The number of carboxylic acids is 1. The van der Waals surface area contributed by atoms with Gasteiger partial charge in [0.1, 0.15) is 0 Å². The Hall–Kier alpha value is -1.66. The maximum Gasteiger partial charge on any atom is 0.307 e. The van der Waals surface area contributed by atoms with E-state index in [0.29, 0.717) is 31.5 Å². The van der Waals surface area contributed by atoms with Crippen molar-refractivity contribution < 1.29 is 24.1 Å². The first-order valence-corrected chi connectivity index (χ1v) is 7.48. The van der Waals surface area contributed by atoms with Gasteiger partial charge in [0, 0.05) is 13.1 Å². The number of halogens is 1. The summed E-state index contributed by atoms with van der Waals surface area (Å²) in [5, 5.41) is 19.2. The molecular weight excluding hydrogens is 289 g/mol. The van der Waals surface area contributed by atoms with Crippen LogP contribution in [0.2, 0.25) is 0 Å². The fourth-order valence-electron chi connectivity index (χ4n) is 2.82. The van der Waals surface area contributed by atoms with Gasteiger partial charge in [0.15, 0.2) is 11.6 Å². The third kappa shape index (κ3) is 4.18. The van der Waals surface area contributed by atoms with Crippen LogP contribution in [0.4, 0.5) is 4.39 Å². The molecule has 22 heavy (non-hydrogen) atoms. The molecule has 122 valence electrons. The van der Waals surface area contributed by atoms with Crippen LogP contribution >= 0.6 is 0 Å². The average Bonchev–Trinajstić information content (AvgIpc) is 2.52. The molecule has 0 amide bonds. The molecule has 2 N–H and O–H groups in total. The van der Waals surface area contributed by atoms with Crippen molar-refractivity contribution in [3.05, 3.63) is 29.6 Å². The number of piperidine rings is 1. The Labute approximate surface area is 129 Å². The van der Waals surface area contributed by atoms with Crippen molar-refractivity contribution in [1.29, 1.82) is 0 Å². The van der Waals surface area contributed by atoms with Crippen molar-refractivity contribution in [2.75, 3.05) is 26.7 Å². The van der Waals surface area contributed by atoms with Crippen LogP contribution in [0.15, 0.2) is 18.2 Å². The maximum atomic E-state index is 13.6. The summed E-state index contributed by atoms with van der Waals surface area (Å²) >= 11 is 0. The van der Waals surface area contributed by atoms with Crippen molar-refractivity contribution in [1.82, 2.24) is 4.90 Å². The van der Waals surface area contributed by atoms with Crippen LogP contribution in [0.3, 0.4) is 0 Å². The summed E-state index contributed by atoms with van der Waals surface area (Å²) in [6.07, 6.45) is 1.23. The molecule has 0 spiro atoms. The number of hydrogen-bond acceptors (Lipinski definition) is 4. The van der Waals surface area contributed by atoms with E-state index in [1.165, 1.54) is 19.2 Å². The molecule has 6 heteroatoms. The molecule has 0 radical (unpaired) electrons. The molecule has 5 nitrogen and oxygen atoms in total. The molecule has 0 aromatic heterocycles. The quantitative estimate of drug-likeness (QED) is 0.841. The Morgan fingerprint density at radius 1 is 1.55 bits per heavy atom. The second kappa shape index (κ2) is 7.56. The lowest BCUT2D eigenvalue weighted by Gasteiger charge is -2.31. The van der Waals surface area contributed by atoms with Crippen LogP contribution in [0, 0.1) is 11.7 Å². The van der Waals surface area contributed by atoms with Crippen LogP contribution in [0.5, 0.6) is 5.75 Å². The zero-order valence-corrected chi connectivity index (χ0v) is 12.7. The van der Waals surface area contributed by atoms with Gasteiger partial charge < -0.3 is 19.8 Å². The van der Waals surface area contributed by atoms with Gasteiger partial charge in [-0.15, -0.1) is 0 Å². The number of ether oxygens (including phenoxy) is 1. The van der Waals surface area contributed by atoms with E-state index in [4.69, 9.17) is 9.84 Å². The van der Waals surface area contributed by atoms with Gasteiger partial charge in [-0.05, 0) is 43.5 Å². The van der Waals surface area contributed by atoms with Gasteiger partial charge in [-0.25, -0.2) is 4.39 Å². The summed E-state index contributed by atoms with van der Waals surface area (Å²) in [5.74, 6) is -1.44. The summed E-state index contributed by atoms with van der Waals surface area (Å²) in [4.78, 5) is 13.1. The number of likely N-dealkylation sites (tertiary alicyclic amines) is 1. The molecule has 2 atom stereocenters. The number of aliphatic carboxylic acids is 1. The monoisotopic (exact) mass is 311 g/mol. The number of rotatable bonds is 6. The highest BCUT2D eigenvalue weighted by Crippen LogP contribution is 2.24. The lowest BCUT2D eigenvalue weighted by atomic mass is 9.97. The summed E-state index contributed by atoms with van der Waals surface area (Å²) in [7, 11) is 1.39. The van der Waals surface area contributed by atoms with Gasteiger partial charge in [0.25, 0.3) is 0 Å². The minimum atomic E-state index is -0.773. The van der Waals surface area contributed by atoms with Crippen LogP contribution in [-0.2, 0) is 4.79 Å². The van der Waals surface area contributed by atoms with Crippen LogP contribution in [0.1, 0.15) is 30.9 Å². The number of methoxy groups -OCH3 is 1. The highest BCUT2D eigenvalue weighted by molar-refractivity contribution is 5.70. The Morgan fingerprint density at radius 2 is 2.32 bits per heavy atom. The molecule has 1 aromatic carbocycles. The molecule has 0 bridgehead atoms. The minimum Gasteiger partial charge on any atom is -0.494 e. The number of hydrogen-bond donors (Lipinski definition) is 2. The van der Waals surface area contributed by atoms with Gasteiger partial charge in [-0.2, -0.15) is 0 Å². The minimum absolute atomic E-state index is 0.149. The van der Waals surface area contributed by atoms with E-state index in [9.17, 15) is 14.3 Å². The molecule has 1 aromatic rings. The van der Waals surface area contributed by atoms with Crippen LogP contribution in [0.25, 0.3) is 0 Å². The molecule has 1 heterocycles. The zero-order chi connectivity index (χ0) is 16.1. The number of benzene rings is 1. The molecular formula is C16H22FNO4. The number of carboxylic acid groups (broad SMARTS) is 1. The lowest BCUT2D eigenvalue weighted by Crippen LogP contribution is -2.39. The van der Waals surface area contributed by atoms with Gasteiger partial charge in [-0.3, -0.25) is 4.79 Å². The Balaban J connectivity index is 1.88. The Bertz CT molecular complexity index is 523.